The summed E-state index contributed by atoms with van der Waals surface area (Å²) in [5.74, 6) is 0.504. The monoisotopic (exact) mass is 319 g/mol. The molecule has 2 aromatic rings. The molecule has 98 valence electrons. The maximum Gasteiger partial charge on any atom is 0.324 e. The van der Waals surface area contributed by atoms with Crippen LogP contribution < -0.4 is 10.6 Å². The number of anilines is 2. The van der Waals surface area contributed by atoms with Crippen LogP contribution in [0.3, 0.4) is 0 Å². The quantitative estimate of drug-likeness (QED) is 0.875. The Hall–Kier alpha value is -1.88. The molecule has 2 rings (SSSR count). The van der Waals surface area contributed by atoms with E-state index in [1.165, 1.54) is 5.56 Å². The first-order valence-corrected chi connectivity index (χ1v) is 6.61. The Labute approximate surface area is 120 Å². The lowest BCUT2D eigenvalue weighted by molar-refractivity contribution is 0.262. The van der Waals surface area contributed by atoms with E-state index >= 15 is 0 Å². The average Bonchev–Trinajstić information content (AvgIpc) is 2.37. The first-order valence-electron chi connectivity index (χ1n) is 5.81. The zero-order valence-electron chi connectivity index (χ0n) is 10.7. The lowest BCUT2D eigenvalue weighted by Gasteiger charge is -2.08. The molecule has 0 bridgehead atoms. The predicted molar refractivity (Wildman–Crippen MR) is 80.5 cm³/mol. The number of nitrogens with zero attached hydrogens (tertiary/aromatic N) is 1. The number of carbonyl (C=O) groups excluding carboxylic acids is 1. The van der Waals surface area contributed by atoms with Crippen molar-refractivity contribution in [3.05, 3.63) is 52.1 Å². The molecule has 5 heteroatoms. The van der Waals surface area contributed by atoms with Crippen LogP contribution >= 0.6 is 15.9 Å². The minimum absolute atomic E-state index is 0.307. The molecule has 0 atom stereocenters. The molecule has 0 aliphatic carbocycles. The van der Waals surface area contributed by atoms with E-state index in [-0.39, 0.29) is 6.03 Å². The SMILES string of the molecule is Cc1ccc(NC(=O)Nc2ccc(Br)cn2)cc1C. The van der Waals surface area contributed by atoms with Crippen molar-refractivity contribution in [2.45, 2.75) is 13.8 Å². The minimum Gasteiger partial charge on any atom is -0.308 e. The molecule has 1 aromatic heterocycles. The van der Waals surface area contributed by atoms with Crippen molar-refractivity contribution in [2.75, 3.05) is 10.6 Å². The molecule has 2 amide bonds. The van der Waals surface area contributed by atoms with Crippen LogP contribution in [0, 0.1) is 13.8 Å². The van der Waals surface area contributed by atoms with Gasteiger partial charge in [0.15, 0.2) is 0 Å². The van der Waals surface area contributed by atoms with E-state index < -0.39 is 0 Å². The molecule has 4 nitrogen and oxygen atoms in total. The molecule has 0 unspecified atom stereocenters. The van der Waals surface area contributed by atoms with Gasteiger partial charge in [-0.2, -0.15) is 0 Å². The van der Waals surface area contributed by atoms with Gasteiger partial charge in [0, 0.05) is 16.4 Å². The Balaban J connectivity index is 2.01. The Bertz CT molecular complexity index is 596. The summed E-state index contributed by atoms with van der Waals surface area (Å²) < 4.78 is 0.868. The van der Waals surface area contributed by atoms with Gasteiger partial charge >= 0.3 is 6.03 Å². The number of halogens is 1. The summed E-state index contributed by atoms with van der Waals surface area (Å²) in [7, 11) is 0. The number of hydrogen-bond donors (Lipinski definition) is 2. The maximum absolute atomic E-state index is 11.8. The lowest BCUT2D eigenvalue weighted by Crippen LogP contribution is -2.20. The molecule has 2 N–H and O–H groups in total. The Kier molecular flexibility index (Phi) is 4.16. The van der Waals surface area contributed by atoms with Gasteiger partial charge in [-0.05, 0) is 65.2 Å². The van der Waals surface area contributed by atoms with Crippen LogP contribution in [-0.4, -0.2) is 11.0 Å². The number of benzene rings is 1. The average molecular weight is 320 g/mol. The van der Waals surface area contributed by atoms with Crippen molar-refractivity contribution >= 4 is 33.5 Å². The van der Waals surface area contributed by atoms with Crippen LogP contribution in [0.5, 0.6) is 0 Å². The highest BCUT2D eigenvalue weighted by molar-refractivity contribution is 9.10. The molecular weight excluding hydrogens is 306 g/mol. The third-order valence-electron chi connectivity index (χ3n) is 2.73. The molecule has 0 fully saturated rings. The number of pyridine rings is 1. The summed E-state index contributed by atoms with van der Waals surface area (Å²) in [4.78, 5) is 15.9. The second kappa shape index (κ2) is 5.84. The topological polar surface area (TPSA) is 54.0 Å². The molecule has 1 heterocycles. The largest absolute Gasteiger partial charge is 0.324 e. The zero-order chi connectivity index (χ0) is 13.8. The van der Waals surface area contributed by atoms with E-state index in [1.807, 2.05) is 38.1 Å². The van der Waals surface area contributed by atoms with Crippen LogP contribution in [0.2, 0.25) is 0 Å². The first kappa shape index (κ1) is 13.5. The van der Waals surface area contributed by atoms with Crippen LogP contribution in [0.4, 0.5) is 16.3 Å². The highest BCUT2D eigenvalue weighted by Gasteiger charge is 2.04. The summed E-state index contributed by atoms with van der Waals surface area (Å²) in [6, 6.07) is 9.02. The second-order valence-corrected chi connectivity index (χ2v) is 5.16. The van der Waals surface area contributed by atoms with E-state index in [0.717, 1.165) is 15.7 Å². The Morgan fingerprint density at radius 3 is 2.53 bits per heavy atom. The Morgan fingerprint density at radius 2 is 1.89 bits per heavy atom. The molecule has 0 aliphatic rings. The normalized spacial score (nSPS) is 10.1. The maximum atomic E-state index is 11.8. The van der Waals surface area contributed by atoms with Gasteiger partial charge in [0.2, 0.25) is 0 Å². The molecule has 0 spiro atoms. The fraction of sp³-hybridized carbons (Fsp3) is 0.143. The van der Waals surface area contributed by atoms with Gasteiger partial charge in [-0.3, -0.25) is 5.32 Å². The Morgan fingerprint density at radius 1 is 1.11 bits per heavy atom. The third-order valence-corrected chi connectivity index (χ3v) is 3.20. The van der Waals surface area contributed by atoms with Crippen molar-refractivity contribution in [1.82, 2.24) is 4.98 Å². The van der Waals surface area contributed by atoms with Gasteiger partial charge in [0.05, 0.1) is 0 Å². The number of aromatic nitrogens is 1. The van der Waals surface area contributed by atoms with Crippen molar-refractivity contribution in [2.24, 2.45) is 0 Å². The van der Waals surface area contributed by atoms with E-state index in [1.54, 1.807) is 12.3 Å². The van der Waals surface area contributed by atoms with E-state index in [0.29, 0.717) is 5.82 Å². The van der Waals surface area contributed by atoms with E-state index in [9.17, 15) is 4.79 Å². The predicted octanol–water partition coefficient (Wildman–Crippen LogP) is 4.10. The van der Waals surface area contributed by atoms with Gasteiger partial charge in [-0.15, -0.1) is 0 Å². The van der Waals surface area contributed by atoms with Crippen LogP contribution in [0.25, 0.3) is 0 Å². The number of carbonyl (C=O) groups is 1. The molecule has 0 saturated heterocycles. The summed E-state index contributed by atoms with van der Waals surface area (Å²) in [5, 5.41) is 5.44. The molecule has 0 aliphatic heterocycles. The second-order valence-electron chi connectivity index (χ2n) is 4.24. The highest BCUT2D eigenvalue weighted by atomic mass is 79.9. The number of amides is 2. The van der Waals surface area contributed by atoms with Crippen molar-refractivity contribution in [3.63, 3.8) is 0 Å². The summed E-state index contributed by atoms with van der Waals surface area (Å²) >= 11 is 3.29. The summed E-state index contributed by atoms with van der Waals surface area (Å²) in [5.41, 5.74) is 3.10. The first-order chi connectivity index (χ1) is 9.04. The fourth-order valence-electron chi connectivity index (χ4n) is 1.55. The van der Waals surface area contributed by atoms with Crippen molar-refractivity contribution in [1.29, 1.82) is 0 Å². The number of urea groups is 1. The van der Waals surface area contributed by atoms with Gasteiger partial charge < -0.3 is 5.32 Å². The molecule has 1 aromatic carbocycles. The van der Waals surface area contributed by atoms with E-state index in [2.05, 4.69) is 31.5 Å². The van der Waals surface area contributed by atoms with Gasteiger partial charge in [0.25, 0.3) is 0 Å². The van der Waals surface area contributed by atoms with Crippen LogP contribution in [-0.2, 0) is 0 Å². The summed E-state index contributed by atoms with van der Waals surface area (Å²) in [6.07, 6.45) is 1.63. The highest BCUT2D eigenvalue weighted by Crippen LogP contribution is 2.15. The van der Waals surface area contributed by atoms with Gasteiger partial charge in [-0.1, -0.05) is 6.07 Å². The van der Waals surface area contributed by atoms with Crippen LogP contribution in [0.1, 0.15) is 11.1 Å². The number of rotatable bonds is 2. The zero-order valence-corrected chi connectivity index (χ0v) is 12.3. The molecule has 0 saturated carbocycles. The van der Waals surface area contributed by atoms with Crippen molar-refractivity contribution in [3.8, 4) is 0 Å². The van der Waals surface area contributed by atoms with Crippen molar-refractivity contribution < 1.29 is 4.79 Å². The third kappa shape index (κ3) is 3.79. The minimum atomic E-state index is -0.307. The van der Waals surface area contributed by atoms with Crippen LogP contribution in [0.15, 0.2) is 41.0 Å². The molecular formula is C14H14BrN3O. The summed E-state index contributed by atoms with van der Waals surface area (Å²) in [6.45, 7) is 4.04. The molecule has 19 heavy (non-hydrogen) atoms. The number of nitrogens with one attached hydrogen (secondary N) is 2. The number of aryl methyl sites for hydroxylation is 2. The smallest absolute Gasteiger partial charge is 0.308 e. The fourth-order valence-corrected chi connectivity index (χ4v) is 1.78. The lowest BCUT2D eigenvalue weighted by atomic mass is 10.1. The standard InChI is InChI=1S/C14H14BrN3O/c1-9-3-5-12(7-10(9)2)17-14(19)18-13-6-4-11(15)8-16-13/h3-8H,1-2H3,(H2,16,17,18,19). The number of hydrogen-bond acceptors (Lipinski definition) is 2. The van der Waals surface area contributed by atoms with Gasteiger partial charge in [-0.25, -0.2) is 9.78 Å². The van der Waals surface area contributed by atoms with E-state index in [4.69, 9.17) is 0 Å². The van der Waals surface area contributed by atoms with Gasteiger partial charge in [0.1, 0.15) is 5.82 Å². The molecule has 0 radical (unpaired) electrons.